The quantitative estimate of drug-likeness (QED) is 0.453. The van der Waals surface area contributed by atoms with Crippen LogP contribution >= 0.6 is 0 Å². The largest absolute Gasteiger partial charge is 0.492 e. The molecule has 0 saturated carbocycles. The predicted molar refractivity (Wildman–Crippen MR) is 106 cm³/mol. The average molecular weight is 347 g/mol. The summed E-state index contributed by atoms with van der Waals surface area (Å²) in [4.78, 5) is 6.88. The number of hydrogen-bond acceptors (Lipinski definition) is 3. The number of nitrogens with one attached hydrogen (secondary N) is 2. The lowest BCUT2D eigenvalue weighted by Crippen LogP contribution is -2.49. The fraction of sp³-hybridized carbons (Fsp3) is 0.650. The smallest absolute Gasteiger partial charge is 0.191 e. The van der Waals surface area contributed by atoms with Crippen LogP contribution in [0.1, 0.15) is 37.3 Å². The van der Waals surface area contributed by atoms with E-state index >= 15 is 0 Å². The van der Waals surface area contributed by atoms with Crippen LogP contribution in [0, 0.1) is 13.8 Å². The molecular weight excluding hydrogens is 312 g/mol. The topological polar surface area (TPSA) is 48.9 Å². The highest BCUT2D eigenvalue weighted by Crippen LogP contribution is 2.15. The third-order valence-electron chi connectivity index (χ3n) is 4.55. The molecule has 1 fully saturated rings. The third-order valence-corrected chi connectivity index (χ3v) is 4.55. The van der Waals surface area contributed by atoms with Crippen molar-refractivity contribution in [2.24, 2.45) is 4.99 Å². The molecule has 0 unspecified atom stereocenters. The summed E-state index contributed by atoms with van der Waals surface area (Å²) in [5, 5.41) is 6.89. The van der Waals surface area contributed by atoms with E-state index in [0.29, 0.717) is 12.6 Å². The second-order valence-electron chi connectivity index (χ2n) is 6.93. The van der Waals surface area contributed by atoms with Crippen molar-refractivity contribution in [3.63, 3.8) is 0 Å². The van der Waals surface area contributed by atoms with Gasteiger partial charge in [-0.2, -0.15) is 0 Å². The molecule has 0 atom stereocenters. The van der Waals surface area contributed by atoms with Crippen molar-refractivity contribution >= 4 is 5.96 Å². The van der Waals surface area contributed by atoms with E-state index in [2.05, 4.69) is 59.5 Å². The molecule has 0 amide bonds. The lowest BCUT2D eigenvalue weighted by Gasteiger charge is -2.32. The van der Waals surface area contributed by atoms with Gasteiger partial charge in [0.25, 0.3) is 0 Å². The first-order chi connectivity index (χ1) is 12.1. The van der Waals surface area contributed by atoms with Crippen molar-refractivity contribution in [3.8, 4) is 5.75 Å². The van der Waals surface area contributed by atoms with Crippen LogP contribution < -0.4 is 15.4 Å². The molecule has 5 heteroatoms. The Hall–Kier alpha value is -1.75. The molecule has 0 aromatic heterocycles. The number of hydrogen-bond donors (Lipinski definition) is 2. The molecule has 1 heterocycles. The maximum absolute atomic E-state index is 5.84. The number of benzene rings is 1. The van der Waals surface area contributed by atoms with Crippen LogP contribution in [0.25, 0.3) is 0 Å². The number of aryl methyl sites for hydroxylation is 2. The number of nitrogens with zero attached hydrogens (tertiary/aromatic N) is 2. The molecule has 2 rings (SSSR count). The molecule has 1 aliphatic rings. The number of likely N-dealkylation sites (tertiary alicyclic amines) is 1. The zero-order valence-electron chi connectivity index (χ0n) is 16.3. The van der Waals surface area contributed by atoms with Crippen molar-refractivity contribution in [3.05, 3.63) is 29.3 Å². The highest BCUT2D eigenvalue weighted by atomic mass is 16.5. The van der Waals surface area contributed by atoms with Gasteiger partial charge in [0.2, 0.25) is 0 Å². The Bertz CT molecular complexity index is 530. The van der Waals surface area contributed by atoms with Gasteiger partial charge in [0.1, 0.15) is 12.4 Å². The van der Waals surface area contributed by atoms with Crippen LogP contribution in [0.3, 0.4) is 0 Å². The summed E-state index contributed by atoms with van der Waals surface area (Å²) in [7, 11) is 1.83. The summed E-state index contributed by atoms with van der Waals surface area (Å²) in [6, 6.07) is 6.82. The minimum Gasteiger partial charge on any atom is -0.492 e. The van der Waals surface area contributed by atoms with Gasteiger partial charge in [-0.25, -0.2) is 0 Å². The Balaban J connectivity index is 1.67. The maximum atomic E-state index is 5.84. The van der Waals surface area contributed by atoms with E-state index in [1.807, 2.05) is 7.05 Å². The van der Waals surface area contributed by atoms with E-state index in [1.165, 1.54) is 50.0 Å². The summed E-state index contributed by atoms with van der Waals surface area (Å²) < 4.78 is 5.84. The van der Waals surface area contributed by atoms with Crippen molar-refractivity contribution in [1.82, 2.24) is 15.5 Å². The minimum atomic E-state index is 0.514. The molecule has 2 N–H and O–H groups in total. The normalized spacial score (nSPS) is 16.7. The summed E-state index contributed by atoms with van der Waals surface area (Å²) in [6.45, 7) is 11.4. The molecule has 0 aliphatic carbocycles. The Labute approximate surface area is 152 Å². The van der Waals surface area contributed by atoms with E-state index in [1.54, 1.807) is 0 Å². The molecule has 140 valence electrons. The summed E-state index contributed by atoms with van der Waals surface area (Å²) in [6.07, 6.45) is 3.60. The third kappa shape index (κ3) is 6.94. The van der Waals surface area contributed by atoms with Gasteiger partial charge in [-0.1, -0.05) is 13.0 Å². The van der Waals surface area contributed by atoms with Crippen LogP contribution in [0.15, 0.2) is 23.2 Å². The monoisotopic (exact) mass is 346 g/mol. The van der Waals surface area contributed by atoms with E-state index in [0.717, 1.165) is 18.3 Å². The van der Waals surface area contributed by atoms with Crippen LogP contribution in [0.4, 0.5) is 0 Å². The van der Waals surface area contributed by atoms with Crippen molar-refractivity contribution < 1.29 is 4.74 Å². The van der Waals surface area contributed by atoms with Gasteiger partial charge in [0.05, 0.1) is 6.54 Å². The van der Waals surface area contributed by atoms with E-state index in [9.17, 15) is 0 Å². The van der Waals surface area contributed by atoms with Crippen LogP contribution in [-0.2, 0) is 0 Å². The van der Waals surface area contributed by atoms with Crippen molar-refractivity contribution in [1.29, 1.82) is 0 Å². The molecule has 0 radical (unpaired) electrons. The fourth-order valence-electron chi connectivity index (χ4n) is 3.36. The zero-order valence-corrected chi connectivity index (χ0v) is 16.3. The van der Waals surface area contributed by atoms with Crippen molar-refractivity contribution in [2.75, 3.05) is 39.8 Å². The zero-order chi connectivity index (χ0) is 18.1. The molecule has 1 aromatic rings. The number of piperidine rings is 1. The molecule has 1 aliphatic heterocycles. The Morgan fingerprint density at radius 1 is 1.20 bits per heavy atom. The standard InChI is InChI=1S/C20H34N4O/c1-5-9-24-10-6-18(7-11-24)23-20(21-4)22-8-12-25-19-14-16(2)13-17(3)15-19/h13-15,18H,5-12H2,1-4H3,(H2,21,22,23). The SMILES string of the molecule is CCCN1CCC(NC(=NC)NCCOc2cc(C)cc(C)c2)CC1. The molecule has 1 aromatic carbocycles. The Morgan fingerprint density at radius 2 is 1.88 bits per heavy atom. The fourth-order valence-corrected chi connectivity index (χ4v) is 3.36. The molecule has 0 spiro atoms. The Kier molecular flexibility index (Phi) is 8.06. The lowest BCUT2D eigenvalue weighted by molar-refractivity contribution is 0.206. The number of guanidine groups is 1. The maximum Gasteiger partial charge on any atom is 0.191 e. The molecule has 1 saturated heterocycles. The summed E-state index contributed by atoms with van der Waals surface area (Å²) in [5.74, 6) is 1.81. The highest BCUT2D eigenvalue weighted by molar-refractivity contribution is 5.79. The summed E-state index contributed by atoms with van der Waals surface area (Å²) in [5.41, 5.74) is 2.46. The van der Waals surface area contributed by atoms with Gasteiger partial charge in [0, 0.05) is 26.2 Å². The van der Waals surface area contributed by atoms with Gasteiger partial charge < -0.3 is 20.3 Å². The molecule has 5 nitrogen and oxygen atoms in total. The molecule has 0 bridgehead atoms. The van der Waals surface area contributed by atoms with Gasteiger partial charge in [-0.05, 0) is 62.9 Å². The number of rotatable bonds is 7. The van der Waals surface area contributed by atoms with Crippen molar-refractivity contribution in [2.45, 2.75) is 46.1 Å². The van der Waals surface area contributed by atoms with E-state index in [4.69, 9.17) is 4.74 Å². The second kappa shape index (κ2) is 10.3. The predicted octanol–water partition coefficient (Wildman–Crippen LogP) is 2.72. The number of ether oxygens (including phenoxy) is 1. The van der Waals surface area contributed by atoms with Gasteiger partial charge in [-0.15, -0.1) is 0 Å². The van der Waals surface area contributed by atoms with Crippen LogP contribution in [0.2, 0.25) is 0 Å². The highest BCUT2D eigenvalue weighted by Gasteiger charge is 2.19. The lowest BCUT2D eigenvalue weighted by atomic mass is 10.1. The first-order valence-corrected chi connectivity index (χ1v) is 9.51. The van der Waals surface area contributed by atoms with Gasteiger partial charge in [-0.3, -0.25) is 4.99 Å². The minimum absolute atomic E-state index is 0.514. The molecular formula is C20H34N4O. The first-order valence-electron chi connectivity index (χ1n) is 9.51. The average Bonchev–Trinajstić information content (AvgIpc) is 2.58. The number of aliphatic imine (C=N–C) groups is 1. The summed E-state index contributed by atoms with van der Waals surface area (Å²) >= 11 is 0. The second-order valence-corrected chi connectivity index (χ2v) is 6.93. The first kappa shape index (κ1) is 19.6. The van der Waals surface area contributed by atoms with Crippen LogP contribution in [-0.4, -0.2) is 56.7 Å². The van der Waals surface area contributed by atoms with E-state index < -0.39 is 0 Å². The van der Waals surface area contributed by atoms with Gasteiger partial charge >= 0.3 is 0 Å². The Morgan fingerprint density at radius 3 is 2.48 bits per heavy atom. The van der Waals surface area contributed by atoms with Gasteiger partial charge in [0.15, 0.2) is 5.96 Å². The van der Waals surface area contributed by atoms with E-state index in [-0.39, 0.29) is 0 Å². The molecule has 25 heavy (non-hydrogen) atoms. The van der Waals surface area contributed by atoms with Crippen LogP contribution in [0.5, 0.6) is 5.75 Å².